The normalized spacial score (nSPS) is 10.4. The van der Waals surface area contributed by atoms with E-state index in [9.17, 15) is 0 Å². The lowest BCUT2D eigenvalue weighted by Gasteiger charge is -2.10. The molecule has 2 aromatic carbocycles. The molecule has 2 rings (SSSR count). The zero-order valence-corrected chi connectivity index (χ0v) is 12.1. The van der Waals surface area contributed by atoms with Crippen LogP contribution in [0.3, 0.4) is 0 Å². The maximum absolute atomic E-state index is 5.92. The number of hydrogen-bond donors (Lipinski definition) is 0. The van der Waals surface area contributed by atoms with Gasteiger partial charge in [-0.25, -0.2) is 0 Å². The van der Waals surface area contributed by atoms with Crippen LogP contribution in [-0.4, -0.2) is 6.26 Å². The fourth-order valence-corrected chi connectivity index (χ4v) is 2.33. The van der Waals surface area contributed by atoms with Gasteiger partial charge in [0.15, 0.2) is 0 Å². The molecule has 0 fully saturated rings. The largest absolute Gasteiger partial charge is 0.457 e. The SMILES string of the molecule is CSc1ccc(Oc2ccc(Cl)cc2CCl)cc1. The van der Waals surface area contributed by atoms with Gasteiger partial charge in [-0.1, -0.05) is 11.6 Å². The first kappa shape index (κ1) is 13.6. The van der Waals surface area contributed by atoms with Gasteiger partial charge in [-0.15, -0.1) is 23.4 Å². The van der Waals surface area contributed by atoms with Crippen LogP contribution in [0.2, 0.25) is 5.02 Å². The molecule has 94 valence electrons. The minimum atomic E-state index is 0.374. The molecular formula is C14H12Cl2OS. The van der Waals surface area contributed by atoms with E-state index >= 15 is 0 Å². The summed E-state index contributed by atoms with van der Waals surface area (Å²) < 4.78 is 5.80. The van der Waals surface area contributed by atoms with Crippen molar-refractivity contribution in [1.82, 2.24) is 0 Å². The standard InChI is InChI=1S/C14H12Cl2OS/c1-18-13-5-3-12(4-6-13)17-14-7-2-11(16)8-10(14)9-15/h2-8H,9H2,1H3. The minimum absolute atomic E-state index is 0.374. The molecule has 0 N–H and O–H groups in total. The Morgan fingerprint density at radius 1 is 1.11 bits per heavy atom. The highest BCUT2D eigenvalue weighted by Crippen LogP contribution is 2.29. The summed E-state index contributed by atoms with van der Waals surface area (Å²) in [5, 5.41) is 0.663. The van der Waals surface area contributed by atoms with Crippen molar-refractivity contribution in [2.45, 2.75) is 10.8 Å². The molecule has 0 unspecified atom stereocenters. The molecule has 4 heteroatoms. The van der Waals surface area contributed by atoms with Gasteiger partial charge < -0.3 is 4.74 Å². The van der Waals surface area contributed by atoms with Crippen LogP contribution in [0.5, 0.6) is 11.5 Å². The van der Waals surface area contributed by atoms with Crippen LogP contribution in [0.15, 0.2) is 47.4 Å². The lowest BCUT2D eigenvalue weighted by molar-refractivity contribution is 0.478. The summed E-state index contributed by atoms with van der Waals surface area (Å²) in [5.41, 5.74) is 0.887. The zero-order valence-electron chi connectivity index (χ0n) is 9.82. The Balaban J connectivity index is 2.22. The van der Waals surface area contributed by atoms with Gasteiger partial charge in [-0.3, -0.25) is 0 Å². The van der Waals surface area contributed by atoms with Gasteiger partial charge in [-0.05, 0) is 48.7 Å². The summed E-state index contributed by atoms with van der Waals surface area (Å²) in [6.07, 6.45) is 2.04. The molecule has 0 aliphatic heterocycles. The van der Waals surface area contributed by atoms with E-state index in [0.29, 0.717) is 10.9 Å². The Kier molecular flexibility index (Phi) is 4.81. The molecule has 1 nitrogen and oxygen atoms in total. The van der Waals surface area contributed by atoms with Crippen molar-refractivity contribution in [1.29, 1.82) is 0 Å². The molecule has 0 aliphatic rings. The summed E-state index contributed by atoms with van der Waals surface area (Å²) in [4.78, 5) is 1.20. The van der Waals surface area contributed by atoms with Crippen LogP contribution in [0.25, 0.3) is 0 Å². The van der Waals surface area contributed by atoms with Gasteiger partial charge in [0, 0.05) is 15.5 Å². The molecule has 0 spiro atoms. The molecule has 0 heterocycles. The number of thioether (sulfide) groups is 1. The maximum atomic E-state index is 5.92. The second kappa shape index (κ2) is 6.37. The lowest BCUT2D eigenvalue weighted by Crippen LogP contribution is -1.89. The summed E-state index contributed by atoms with van der Waals surface area (Å²) in [5.74, 6) is 1.91. The average molecular weight is 299 g/mol. The molecule has 0 saturated carbocycles. The molecule has 0 aliphatic carbocycles. The highest BCUT2D eigenvalue weighted by molar-refractivity contribution is 7.98. The number of hydrogen-bond acceptors (Lipinski definition) is 2. The van der Waals surface area contributed by atoms with E-state index in [1.54, 1.807) is 17.8 Å². The molecule has 0 saturated heterocycles. The predicted molar refractivity (Wildman–Crippen MR) is 79.3 cm³/mol. The first-order chi connectivity index (χ1) is 8.72. The average Bonchev–Trinajstić information content (AvgIpc) is 2.41. The van der Waals surface area contributed by atoms with Gasteiger partial charge in [0.25, 0.3) is 0 Å². The van der Waals surface area contributed by atoms with Gasteiger partial charge >= 0.3 is 0 Å². The number of alkyl halides is 1. The summed E-state index contributed by atoms with van der Waals surface area (Å²) in [7, 11) is 0. The monoisotopic (exact) mass is 298 g/mol. The van der Waals surface area contributed by atoms with E-state index in [4.69, 9.17) is 27.9 Å². The number of ether oxygens (including phenoxy) is 1. The highest BCUT2D eigenvalue weighted by atomic mass is 35.5. The molecule has 0 atom stereocenters. The summed E-state index contributed by atoms with van der Waals surface area (Å²) in [6, 6.07) is 13.4. The van der Waals surface area contributed by atoms with E-state index in [-0.39, 0.29) is 0 Å². The van der Waals surface area contributed by atoms with Gasteiger partial charge in [0.1, 0.15) is 11.5 Å². The van der Waals surface area contributed by atoms with Crippen molar-refractivity contribution in [2.75, 3.05) is 6.26 Å². The third-order valence-corrected chi connectivity index (χ3v) is 3.72. The number of halogens is 2. The maximum Gasteiger partial charge on any atom is 0.131 e. The predicted octanol–water partition coefficient (Wildman–Crippen LogP) is 5.59. The minimum Gasteiger partial charge on any atom is -0.457 e. The van der Waals surface area contributed by atoms with Crippen LogP contribution in [-0.2, 0) is 5.88 Å². The van der Waals surface area contributed by atoms with Crippen LogP contribution < -0.4 is 4.74 Å². The van der Waals surface area contributed by atoms with Crippen molar-refractivity contribution in [2.24, 2.45) is 0 Å². The number of rotatable bonds is 4. The van der Waals surface area contributed by atoms with Gasteiger partial charge in [0.2, 0.25) is 0 Å². The van der Waals surface area contributed by atoms with Crippen molar-refractivity contribution in [3.05, 3.63) is 53.1 Å². The fourth-order valence-electron chi connectivity index (χ4n) is 1.52. The first-order valence-electron chi connectivity index (χ1n) is 5.39. The van der Waals surface area contributed by atoms with E-state index in [1.165, 1.54) is 4.90 Å². The smallest absolute Gasteiger partial charge is 0.131 e. The quantitative estimate of drug-likeness (QED) is 0.537. The molecule has 0 bridgehead atoms. The second-order valence-electron chi connectivity index (χ2n) is 3.66. The van der Waals surface area contributed by atoms with Crippen LogP contribution in [0, 0.1) is 0 Å². The fraction of sp³-hybridized carbons (Fsp3) is 0.143. The highest BCUT2D eigenvalue weighted by Gasteiger charge is 2.05. The Labute approximate surface area is 121 Å². The van der Waals surface area contributed by atoms with E-state index in [2.05, 4.69) is 0 Å². The Bertz CT molecular complexity index is 526. The number of benzene rings is 2. The Morgan fingerprint density at radius 3 is 2.44 bits per heavy atom. The van der Waals surface area contributed by atoms with Crippen molar-refractivity contribution in [3.8, 4) is 11.5 Å². The van der Waals surface area contributed by atoms with Crippen molar-refractivity contribution < 1.29 is 4.74 Å². The summed E-state index contributed by atoms with van der Waals surface area (Å²) in [6.45, 7) is 0. The molecular weight excluding hydrogens is 287 g/mol. The van der Waals surface area contributed by atoms with Crippen molar-refractivity contribution >= 4 is 35.0 Å². The first-order valence-corrected chi connectivity index (χ1v) is 7.53. The van der Waals surface area contributed by atoms with Crippen molar-refractivity contribution in [3.63, 3.8) is 0 Å². The molecule has 0 radical (unpaired) electrons. The van der Waals surface area contributed by atoms with Crippen LogP contribution in [0.1, 0.15) is 5.56 Å². The molecule has 0 amide bonds. The molecule has 2 aromatic rings. The third-order valence-electron chi connectivity index (χ3n) is 2.45. The van der Waals surface area contributed by atoms with E-state index < -0.39 is 0 Å². The van der Waals surface area contributed by atoms with E-state index in [1.807, 2.05) is 42.7 Å². The topological polar surface area (TPSA) is 9.23 Å². The second-order valence-corrected chi connectivity index (χ2v) is 5.25. The summed E-state index contributed by atoms with van der Waals surface area (Å²) >= 11 is 13.5. The van der Waals surface area contributed by atoms with Gasteiger partial charge in [-0.2, -0.15) is 0 Å². The Morgan fingerprint density at radius 2 is 1.83 bits per heavy atom. The van der Waals surface area contributed by atoms with Crippen LogP contribution in [0.4, 0.5) is 0 Å². The van der Waals surface area contributed by atoms with E-state index in [0.717, 1.165) is 17.1 Å². The molecule has 18 heavy (non-hydrogen) atoms. The van der Waals surface area contributed by atoms with Crippen LogP contribution >= 0.6 is 35.0 Å². The zero-order chi connectivity index (χ0) is 13.0. The Hall–Kier alpha value is -0.830. The molecule has 0 aromatic heterocycles. The lowest BCUT2D eigenvalue weighted by atomic mass is 10.2. The van der Waals surface area contributed by atoms with Gasteiger partial charge in [0.05, 0.1) is 5.88 Å². The third kappa shape index (κ3) is 3.35.